The van der Waals surface area contributed by atoms with E-state index in [-0.39, 0.29) is 34.9 Å². The molecule has 1 aromatic carbocycles. The Balaban J connectivity index is 0.0000213. The highest BCUT2D eigenvalue weighted by molar-refractivity contribution is 8.00. The van der Waals surface area contributed by atoms with E-state index in [1.54, 1.807) is 0 Å². The number of rotatable bonds is 43. The van der Waals surface area contributed by atoms with Crippen molar-refractivity contribution in [2.45, 2.75) is 311 Å². The van der Waals surface area contributed by atoms with Crippen LogP contribution in [0.25, 0.3) is 0 Å². The fourth-order valence-corrected chi connectivity index (χ4v) is 13.8. The van der Waals surface area contributed by atoms with E-state index in [1.807, 2.05) is 0 Å². The van der Waals surface area contributed by atoms with Crippen molar-refractivity contribution >= 4 is 47.0 Å². The minimum absolute atomic E-state index is 0. The van der Waals surface area contributed by atoms with Crippen molar-refractivity contribution in [3.8, 4) is 0 Å². The number of thioether (sulfide) groups is 1. The predicted molar refractivity (Wildman–Crippen MR) is 368 cm³/mol. The summed E-state index contributed by atoms with van der Waals surface area (Å²) in [4.78, 5) is 65.6. The number of aliphatic carboxylic acids is 1. The molecule has 0 aromatic heterocycles. The normalized spacial score (nSPS) is 34.1. The van der Waals surface area contributed by atoms with Crippen LogP contribution in [0, 0.1) is 0 Å². The summed E-state index contributed by atoms with van der Waals surface area (Å²) in [7, 11) is 0. The van der Waals surface area contributed by atoms with E-state index < -0.39 is 252 Å². The lowest BCUT2D eigenvalue weighted by Crippen LogP contribution is -2.73. The van der Waals surface area contributed by atoms with E-state index in [2.05, 4.69) is 28.2 Å². The van der Waals surface area contributed by atoms with Gasteiger partial charge in [0.05, 0.1) is 63.9 Å². The standard InChI is InChI=1S/C68H109F3N4O32S.H3N/c1-4-5-6-7-8-9-10-11-12-13-14-15-16-17-18-19-45(86)75-37(38(83)24-25-46(87)74-35-20-22-36(23-21-35)108-68(69,70)71)32-98-63-55(94)53(92)57(43(30-79)101-63)103-65-56(95)61(107-67(66(96)97)26-39(84)47(72-33(2)81)60(106-67)49(88)40(85)27-76)58(44(31-80)102-65)104-62-48(73-34(3)82)59(51(90)42(29-78)99-62)105-64-54(93)52(91)50(89)41(28-77)100-64;/h20-25,37-44,47-65,76-80,83-85,88-95H,4-19,26-32H2,1-3H3,(H,72,81)(H,73,82)(H,74,87)(H,75,86)(H,96,97);1H3/b25-24+;/t37-,38+,39-,40+,41+,42+,43+,44+,47?,48+,49+,50-,51-,52-,53+,54+,55+,56+,57+,58-,59+,60?,61+,62-,63+,64-,65-,67-;/m0./s1. The van der Waals surface area contributed by atoms with Crippen molar-refractivity contribution < 1.29 is 171 Å². The average Bonchev–Trinajstić information content (AvgIpc) is 0.747. The molecular formula is C68H112F3N5O32S. The highest BCUT2D eigenvalue weighted by Gasteiger charge is 2.61. The van der Waals surface area contributed by atoms with Crippen molar-refractivity contribution in [1.82, 2.24) is 22.1 Å². The number of alkyl halides is 3. The van der Waals surface area contributed by atoms with Gasteiger partial charge in [-0.3, -0.25) is 19.2 Å². The van der Waals surface area contributed by atoms with Gasteiger partial charge in [-0.1, -0.05) is 96.8 Å². The van der Waals surface area contributed by atoms with Crippen LogP contribution in [0.15, 0.2) is 41.3 Å². The van der Waals surface area contributed by atoms with Crippen molar-refractivity contribution in [1.29, 1.82) is 0 Å². The van der Waals surface area contributed by atoms with Crippen LogP contribution in [0.5, 0.6) is 0 Å². The van der Waals surface area contributed by atoms with Crippen molar-refractivity contribution in [3.63, 3.8) is 0 Å². The number of carbonyl (C=O) groups is 5. The van der Waals surface area contributed by atoms with Gasteiger partial charge in [-0.2, -0.15) is 13.2 Å². The van der Waals surface area contributed by atoms with E-state index in [0.717, 1.165) is 70.2 Å². The molecule has 5 aliphatic heterocycles. The number of carboxylic acid groups (broad SMARTS) is 1. The molecular weight excluding hydrogens is 1490 g/mol. The maximum atomic E-state index is 13.7. The summed E-state index contributed by atoms with van der Waals surface area (Å²) in [5.74, 6) is -9.36. The number of anilines is 1. The van der Waals surface area contributed by atoms with E-state index in [1.165, 1.54) is 63.5 Å². The summed E-state index contributed by atoms with van der Waals surface area (Å²) in [6.07, 6.45) is -35.5. The fourth-order valence-electron chi connectivity index (χ4n) is 13.3. The molecule has 41 heteroatoms. The Hall–Kier alpha value is -4.63. The second-order valence-electron chi connectivity index (χ2n) is 27.4. The maximum absolute atomic E-state index is 13.7. The van der Waals surface area contributed by atoms with E-state index >= 15 is 0 Å². The number of halogens is 3. The quantitative estimate of drug-likeness (QED) is 0.0167. The third kappa shape index (κ3) is 27.5. The molecule has 5 saturated heterocycles. The van der Waals surface area contributed by atoms with Gasteiger partial charge in [0.15, 0.2) is 25.2 Å². The van der Waals surface area contributed by atoms with Crippen LogP contribution in [0.2, 0.25) is 0 Å². The monoisotopic (exact) mass is 1600 g/mol. The Kier molecular flexibility index (Phi) is 40.1. The van der Waals surface area contributed by atoms with Gasteiger partial charge in [0.2, 0.25) is 29.4 Å². The van der Waals surface area contributed by atoms with Gasteiger partial charge >= 0.3 is 5.51 Å². The van der Waals surface area contributed by atoms with Gasteiger partial charge in [0, 0.05) is 43.3 Å². The lowest BCUT2D eigenvalue weighted by atomic mass is 9.88. The molecule has 24 N–H and O–H groups in total. The van der Waals surface area contributed by atoms with E-state index in [4.69, 9.17) is 47.4 Å². The average molecular weight is 1600 g/mol. The van der Waals surface area contributed by atoms with Crippen LogP contribution >= 0.6 is 11.8 Å². The van der Waals surface area contributed by atoms with Crippen LogP contribution in [-0.2, 0) is 71.3 Å². The Morgan fingerprint density at radius 3 is 1.63 bits per heavy atom. The van der Waals surface area contributed by atoms with E-state index in [9.17, 15) is 124 Å². The zero-order valence-electron chi connectivity index (χ0n) is 61.0. The minimum Gasteiger partial charge on any atom is -0.544 e. The number of aliphatic hydroxyl groups excluding tert-OH is 16. The largest absolute Gasteiger partial charge is 0.544 e. The first-order chi connectivity index (χ1) is 51.2. The van der Waals surface area contributed by atoms with Crippen molar-refractivity contribution in [3.05, 3.63) is 36.4 Å². The molecule has 0 aliphatic carbocycles. The highest BCUT2D eigenvalue weighted by Crippen LogP contribution is 2.42. The number of ether oxygens (including phenoxy) is 10. The molecule has 2 unspecified atom stereocenters. The van der Waals surface area contributed by atoms with Crippen molar-refractivity contribution in [2.24, 2.45) is 0 Å². The zero-order chi connectivity index (χ0) is 79.7. The third-order valence-electron chi connectivity index (χ3n) is 19.1. The number of unbranched alkanes of at least 4 members (excludes halogenated alkanes) is 14. The number of hydrogen-bond donors (Lipinski definition) is 21. The summed E-state index contributed by atoms with van der Waals surface area (Å²) in [6.45, 7) is -2.60. The van der Waals surface area contributed by atoms with Gasteiger partial charge in [0.25, 0.3) is 0 Å². The molecule has 5 heterocycles. The summed E-state index contributed by atoms with van der Waals surface area (Å²) in [5.41, 5.74) is -4.51. The molecule has 37 nitrogen and oxygen atoms in total. The van der Waals surface area contributed by atoms with Crippen LogP contribution in [0.3, 0.4) is 0 Å². The van der Waals surface area contributed by atoms with E-state index in [0.29, 0.717) is 12.8 Å². The first kappa shape index (κ1) is 95.0. The third-order valence-corrected chi connectivity index (χ3v) is 19.8. The number of amides is 4. The summed E-state index contributed by atoms with van der Waals surface area (Å²) < 4.78 is 98.1. The van der Waals surface area contributed by atoms with Gasteiger partial charge in [-0.05, 0) is 48.5 Å². The topological polar surface area (TPSA) is 609 Å². The molecule has 0 spiro atoms. The second kappa shape index (κ2) is 46.1. The summed E-state index contributed by atoms with van der Waals surface area (Å²) >= 11 is -0.379. The number of nitrogens with one attached hydrogen (secondary N) is 4. The smallest absolute Gasteiger partial charge is 0.446 e. The van der Waals surface area contributed by atoms with Gasteiger partial charge in [-0.25, -0.2) is 0 Å². The molecule has 628 valence electrons. The molecule has 109 heavy (non-hydrogen) atoms. The number of carboxylic acids is 1. The number of carbonyl (C=O) groups excluding carboxylic acids is 5. The summed E-state index contributed by atoms with van der Waals surface area (Å²) in [6, 6.07) is -0.659. The van der Waals surface area contributed by atoms with Gasteiger partial charge in [0.1, 0.15) is 122 Å². The molecule has 0 radical (unpaired) electrons. The number of quaternary nitrogens is 1. The molecule has 4 amide bonds. The van der Waals surface area contributed by atoms with Crippen LogP contribution in [-0.4, -0.2) is 328 Å². The number of hydrogen-bond acceptors (Lipinski definition) is 33. The lowest BCUT2D eigenvalue weighted by molar-refractivity contribution is -0.421. The van der Waals surface area contributed by atoms with Gasteiger partial charge in [-0.15, -0.1) is 0 Å². The SMILES string of the molecule is CCCCCCCCCCCCCCCCCC(=O)N[C@@H](CO[C@@H]1O[C@H](CO)[C@@H](O[C@@H]2O[C@H](CO)[C@H](O[C@@H]3O[C@H](CO)[C@H](O)[C@H](O[C@@H]4O[C@H](CO)[C@H](O)[C@H](O)[C@H]4O)[C@H]3NC(C)=O)[C@H](O[C@]3(C(=O)[O-])C[C@H](O)C(NC(C)=O)C([C@H](O)[C@H](O)CO)O3)[C@H]2O)[C@H](O)[C@H]1O)[C@H](O)/C=C/C(=O)Nc1ccc(SC(F)(F)F)cc1.[NH4+]. The lowest BCUT2D eigenvalue weighted by Gasteiger charge is -2.54. The first-order valence-corrected chi connectivity index (χ1v) is 37.1. The second-order valence-corrected chi connectivity index (χ2v) is 28.6. The number of aliphatic hydroxyl groups is 16. The summed E-state index contributed by atoms with van der Waals surface area (Å²) in [5, 5.41) is 201. The first-order valence-electron chi connectivity index (χ1n) is 36.2. The molecule has 5 fully saturated rings. The maximum Gasteiger partial charge on any atom is 0.446 e. The molecule has 6 rings (SSSR count). The van der Waals surface area contributed by atoms with Crippen LogP contribution < -0.4 is 32.5 Å². The Bertz CT molecular complexity index is 2910. The Morgan fingerprint density at radius 2 is 1.09 bits per heavy atom. The minimum atomic E-state index is -4.58. The fraction of sp³-hybridized carbons (Fsp3) is 0.809. The van der Waals surface area contributed by atoms with Crippen LogP contribution in [0.4, 0.5) is 18.9 Å². The highest BCUT2D eigenvalue weighted by atomic mass is 32.2. The Morgan fingerprint density at radius 1 is 0.606 bits per heavy atom. The van der Waals surface area contributed by atoms with Crippen molar-refractivity contribution in [2.75, 3.05) is 45.0 Å². The molecule has 0 bridgehead atoms. The molecule has 1 aromatic rings. The Labute approximate surface area is 631 Å². The zero-order valence-corrected chi connectivity index (χ0v) is 61.9. The molecule has 0 saturated carbocycles. The van der Waals surface area contributed by atoms with Crippen LogP contribution in [0.1, 0.15) is 130 Å². The predicted octanol–water partition coefficient (Wildman–Crippen LogP) is -4.45. The van der Waals surface area contributed by atoms with Gasteiger partial charge < -0.3 is 166 Å². The molecule has 28 atom stereocenters. The molecule has 5 aliphatic rings. The number of benzene rings is 1.